The molecule has 0 atom stereocenters. The molecule has 4 nitrogen and oxygen atoms in total. The van der Waals surface area contributed by atoms with E-state index in [9.17, 15) is 4.79 Å². The number of nitrogens with zero attached hydrogens (tertiary/aromatic N) is 1. The molecule has 0 N–H and O–H groups in total. The zero-order valence-electron chi connectivity index (χ0n) is 9.14. The minimum atomic E-state index is -0.511. The summed E-state index contributed by atoms with van der Waals surface area (Å²) in [5.74, 6) is -0.0468. The Balaban J connectivity index is 2.25. The number of hydrogen-bond donors (Lipinski definition) is 0. The first-order valence-electron chi connectivity index (χ1n) is 5.11. The fourth-order valence-electron chi connectivity index (χ4n) is 1.44. The summed E-state index contributed by atoms with van der Waals surface area (Å²) < 4.78 is 9.81. The Bertz CT molecular complexity index is 523. The molecular formula is C12H10ClNO3. The van der Waals surface area contributed by atoms with Crippen molar-refractivity contribution in [1.29, 1.82) is 0 Å². The number of esters is 1. The van der Waals surface area contributed by atoms with Crippen LogP contribution >= 0.6 is 11.6 Å². The molecule has 1 aromatic heterocycles. The van der Waals surface area contributed by atoms with Gasteiger partial charge < -0.3 is 9.26 Å². The minimum absolute atomic E-state index is 0.270. The molecule has 0 aliphatic carbocycles. The highest BCUT2D eigenvalue weighted by Crippen LogP contribution is 2.27. The largest absolute Gasteiger partial charge is 0.422 e. The van der Waals surface area contributed by atoms with Gasteiger partial charge in [0.25, 0.3) is 0 Å². The highest BCUT2D eigenvalue weighted by molar-refractivity contribution is 6.31. The molecule has 0 bridgehead atoms. The smallest absolute Gasteiger partial charge is 0.348 e. The molecule has 2 rings (SSSR count). The van der Waals surface area contributed by atoms with Gasteiger partial charge in [0.2, 0.25) is 0 Å². The van der Waals surface area contributed by atoms with E-state index in [2.05, 4.69) is 9.68 Å². The second-order valence-corrected chi connectivity index (χ2v) is 3.78. The van der Waals surface area contributed by atoms with Crippen molar-refractivity contribution in [2.24, 2.45) is 0 Å². The Labute approximate surface area is 103 Å². The van der Waals surface area contributed by atoms with Crippen LogP contribution in [0.25, 0.3) is 0 Å². The molecule has 2 aromatic rings. The van der Waals surface area contributed by atoms with Crippen LogP contribution in [0.15, 0.2) is 35.2 Å². The van der Waals surface area contributed by atoms with Crippen molar-refractivity contribution < 1.29 is 14.1 Å². The molecule has 0 aliphatic rings. The summed E-state index contributed by atoms with van der Waals surface area (Å²) in [6.45, 7) is 1.94. The Kier molecular flexibility index (Phi) is 3.44. The number of halogens is 1. The second kappa shape index (κ2) is 5.01. The Morgan fingerprint density at radius 2 is 2.35 bits per heavy atom. The predicted octanol–water partition coefficient (Wildman–Crippen LogP) is 3.11. The van der Waals surface area contributed by atoms with E-state index in [0.717, 1.165) is 5.56 Å². The molecule has 0 saturated heterocycles. The quantitative estimate of drug-likeness (QED) is 0.621. The van der Waals surface area contributed by atoms with Gasteiger partial charge in [0.05, 0.1) is 6.20 Å². The van der Waals surface area contributed by atoms with Crippen molar-refractivity contribution in [1.82, 2.24) is 5.16 Å². The number of hydrogen-bond acceptors (Lipinski definition) is 4. The molecule has 0 radical (unpaired) electrons. The third-order valence-electron chi connectivity index (χ3n) is 2.30. The van der Waals surface area contributed by atoms with E-state index in [0.29, 0.717) is 17.2 Å². The molecule has 0 saturated carbocycles. The number of carbonyl (C=O) groups excluding carboxylic acids is 1. The molecule has 17 heavy (non-hydrogen) atoms. The first-order valence-corrected chi connectivity index (χ1v) is 5.49. The van der Waals surface area contributed by atoms with Crippen molar-refractivity contribution in [2.45, 2.75) is 13.3 Å². The van der Waals surface area contributed by atoms with Gasteiger partial charge in [-0.25, -0.2) is 4.79 Å². The van der Waals surface area contributed by atoms with E-state index in [4.69, 9.17) is 16.3 Å². The maximum absolute atomic E-state index is 11.7. The standard InChI is InChI=1S/C12H10ClNO3/c1-2-9-10(13)4-3-5-11(9)17-12(15)8-6-14-16-7-8/h3-7H,2H2,1H3. The fraction of sp³-hybridized carbons (Fsp3) is 0.167. The van der Waals surface area contributed by atoms with Crippen molar-refractivity contribution >= 4 is 17.6 Å². The van der Waals surface area contributed by atoms with Gasteiger partial charge in [0, 0.05) is 10.6 Å². The van der Waals surface area contributed by atoms with Crippen LogP contribution in [0.1, 0.15) is 22.8 Å². The van der Waals surface area contributed by atoms with Gasteiger partial charge in [0.15, 0.2) is 0 Å². The molecule has 88 valence electrons. The van der Waals surface area contributed by atoms with E-state index in [1.54, 1.807) is 18.2 Å². The molecule has 5 heteroatoms. The normalized spacial score (nSPS) is 10.2. The molecule has 0 aliphatic heterocycles. The van der Waals surface area contributed by atoms with Gasteiger partial charge in [0.1, 0.15) is 17.6 Å². The summed E-state index contributed by atoms with van der Waals surface area (Å²) in [7, 11) is 0. The van der Waals surface area contributed by atoms with Crippen molar-refractivity contribution in [2.75, 3.05) is 0 Å². The van der Waals surface area contributed by atoms with Crippen LogP contribution in [0.3, 0.4) is 0 Å². The highest BCUT2D eigenvalue weighted by atomic mass is 35.5. The second-order valence-electron chi connectivity index (χ2n) is 3.37. The zero-order valence-corrected chi connectivity index (χ0v) is 9.90. The van der Waals surface area contributed by atoms with E-state index >= 15 is 0 Å². The number of aromatic nitrogens is 1. The van der Waals surface area contributed by atoms with E-state index in [-0.39, 0.29) is 5.56 Å². The van der Waals surface area contributed by atoms with Gasteiger partial charge in [-0.15, -0.1) is 0 Å². The first kappa shape index (κ1) is 11.7. The third kappa shape index (κ3) is 2.47. The Hall–Kier alpha value is -1.81. The van der Waals surface area contributed by atoms with Gasteiger partial charge in [-0.3, -0.25) is 0 Å². The fourth-order valence-corrected chi connectivity index (χ4v) is 1.74. The lowest BCUT2D eigenvalue weighted by atomic mass is 10.1. The van der Waals surface area contributed by atoms with Crippen LogP contribution in [0, 0.1) is 0 Å². The maximum Gasteiger partial charge on any atom is 0.348 e. The minimum Gasteiger partial charge on any atom is -0.422 e. The molecular weight excluding hydrogens is 242 g/mol. The van der Waals surface area contributed by atoms with Crippen LogP contribution in [0.4, 0.5) is 0 Å². The lowest BCUT2D eigenvalue weighted by molar-refractivity contribution is 0.0732. The number of benzene rings is 1. The third-order valence-corrected chi connectivity index (χ3v) is 2.65. The topological polar surface area (TPSA) is 52.3 Å². The lowest BCUT2D eigenvalue weighted by Crippen LogP contribution is -2.08. The van der Waals surface area contributed by atoms with Crippen molar-refractivity contribution in [3.8, 4) is 5.75 Å². The van der Waals surface area contributed by atoms with Gasteiger partial charge in [-0.05, 0) is 18.6 Å². The van der Waals surface area contributed by atoms with Crippen molar-refractivity contribution in [3.63, 3.8) is 0 Å². The summed E-state index contributed by atoms with van der Waals surface area (Å²) in [5.41, 5.74) is 1.07. The van der Waals surface area contributed by atoms with E-state index in [1.807, 2.05) is 6.92 Å². The number of rotatable bonds is 3. The molecule has 0 amide bonds. The highest BCUT2D eigenvalue weighted by Gasteiger charge is 2.14. The molecule has 0 spiro atoms. The zero-order chi connectivity index (χ0) is 12.3. The SMILES string of the molecule is CCc1c(Cl)cccc1OC(=O)c1cnoc1. The Morgan fingerprint density at radius 1 is 1.53 bits per heavy atom. The predicted molar refractivity (Wildman–Crippen MR) is 62.3 cm³/mol. The van der Waals surface area contributed by atoms with E-state index < -0.39 is 5.97 Å². The van der Waals surface area contributed by atoms with Crippen LogP contribution in [-0.2, 0) is 6.42 Å². The number of carbonyl (C=O) groups is 1. The molecule has 0 unspecified atom stereocenters. The summed E-state index contributed by atoms with van der Waals surface area (Å²) in [6, 6.07) is 5.20. The molecule has 1 aromatic carbocycles. The first-order chi connectivity index (χ1) is 8.22. The lowest BCUT2D eigenvalue weighted by Gasteiger charge is -2.08. The maximum atomic E-state index is 11.7. The van der Waals surface area contributed by atoms with Crippen LogP contribution in [0.5, 0.6) is 5.75 Å². The van der Waals surface area contributed by atoms with Gasteiger partial charge in [-0.1, -0.05) is 29.7 Å². The molecule has 0 fully saturated rings. The summed E-state index contributed by atoms with van der Waals surface area (Å²) in [5, 5.41) is 4.03. The van der Waals surface area contributed by atoms with Crippen molar-refractivity contribution in [3.05, 3.63) is 46.8 Å². The monoisotopic (exact) mass is 251 g/mol. The van der Waals surface area contributed by atoms with Crippen LogP contribution in [-0.4, -0.2) is 11.1 Å². The van der Waals surface area contributed by atoms with Gasteiger partial charge in [-0.2, -0.15) is 0 Å². The average molecular weight is 252 g/mol. The molecule has 1 heterocycles. The summed E-state index contributed by atoms with van der Waals surface area (Å²) in [6.07, 6.45) is 3.23. The van der Waals surface area contributed by atoms with Crippen LogP contribution < -0.4 is 4.74 Å². The Morgan fingerprint density at radius 3 is 3.00 bits per heavy atom. The number of ether oxygens (including phenoxy) is 1. The van der Waals surface area contributed by atoms with E-state index in [1.165, 1.54) is 12.5 Å². The van der Waals surface area contributed by atoms with Gasteiger partial charge >= 0.3 is 5.97 Å². The summed E-state index contributed by atoms with van der Waals surface area (Å²) >= 11 is 6.02. The average Bonchev–Trinajstić information content (AvgIpc) is 2.82. The summed E-state index contributed by atoms with van der Waals surface area (Å²) in [4.78, 5) is 11.7. The van der Waals surface area contributed by atoms with Crippen LogP contribution in [0.2, 0.25) is 5.02 Å².